The SMILES string of the molecule is COc1cc2ncnc(Nc3ccc(NS(=O)(=O)CC(F)(F)F)cc3)c2cc1OC. The minimum absolute atomic E-state index is 0.00347. The number of methoxy groups -OCH3 is 2. The molecule has 0 aliphatic heterocycles. The van der Waals surface area contributed by atoms with Gasteiger partial charge in [-0.15, -0.1) is 0 Å². The molecule has 160 valence electrons. The number of alkyl halides is 3. The Labute approximate surface area is 170 Å². The average Bonchev–Trinajstić information content (AvgIpc) is 2.66. The van der Waals surface area contributed by atoms with Crippen LogP contribution in [0.1, 0.15) is 0 Å². The van der Waals surface area contributed by atoms with E-state index in [9.17, 15) is 21.6 Å². The van der Waals surface area contributed by atoms with Crippen molar-refractivity contribution in [1.29, 1.82) is 0 Å². The third kappa shape index (κ3) is 5.20. The molecule has 0 atom stereocenters. The quantitative estimate of drug-likeness (QED) is 0.575. The summed E-state index contributed by atoms with van der Waals surface area (Å²) in [6, 6.07) is 9.07. The normalized spacial score (nSPS) is 11.9. The molecular weight excluding hydrogens is 425 g/mol. The molecule has 12 heteroatoms. The summed E-state index contributed by atoms with van der Waals surface area (Å²) >= 11 is 0. The van der Waals surface area contributed by atoms with Crippen LogP contribution in [0.2, 0.25) is 0 Å². The molecule has 0 aliphatic carbocycles. The van der Waals surface area contributed by atoms with Crippen LogP contribution in [0.5, 0.6) is 11.5 Å². The van der Waals surface area contributed by atoms with Crippen LogP contribution in [0.4, 0.5) is 30.4 Å². The third-order valence-corrected chi connectivity index (χ3v) is 5.17. The van der Waals surface area contributed by atoms with Crippen LogP contribution in [-0.4, -0.2) is 44.5 Å². The zero-order valence-corrected chi connectivity index (χ0v) is 16.6. The van der Waals surface area contributed by atoms with Gasteiger partial charge in [-0.1, -0.05) is 0 Å². The van der Waals surface area contributed by atoms with Gasteiger partial charge in [0, 0.05) is 22.8 Å². The first-order chi connectivity index (χ1) is 14.1. The molecule has 0 bridgehead atoms. The molecule has 0 spiro atoms. The highest BCUT2D eigenvalue weighted by molar-refractivity contribution is 7.92. The lowest BCUT2D eigenvalue weighted by Crippen LogP contribution is -2.27. The van der Waals surface area contributed by atoms with E-state index in [4.69, 9.17) is 9.47 Å². The molecule has 2 aromatic carbocycles. The molecule has 1 aromatic heterocycles. The molecule has 0 saturated carbocycles. The van der Waals surface area contributed by atoms with E-state index in [0.717, 1.165) is 0 Å². The second kappa shape index (κ2) is 8.22. The number of hydrogen-bond acceptors (Lipinski definition) is 7. The van der Waals surface area contributed by atoms with Crippen LogP contribution in [-0.2, 0) is 10.0 Å². The van der Waals surface area contributed by atoms with E-state index < -0.39 is 22.0 Å². The summed E-state index contributed by atoms with van der Waals surface area (Å²) < 4.78 is 72.6. The molecule has 0 saturated heterocycles. The second-order valence-electron chi connectivity index (χ2n) is 6.13. The van der Waals surface area contributed by atoms with Crippen LogP contribution >= 0.6 is 0 Å². The first-order valence-electron chi connectivity index (χ1n) is 8.41. The fraction of sp³-hybridized carbons (Fsp3) is 0.222. The van der Waals surface area contributed by atoms with Crippen molar-refractivity contribution in [2.75, 3.05) is 30.0 Å². The van der Waals surface area contributed by atoms with Gasteiger partial charge in [0.1, 0.15) is 12.1 Å². The molecule has 0 radical (unpaired) electrons. The number of hydrogen-bond donors (Lipinski definition) is 2. The van der Waals surface area contributed by atoms with E-state index in [2.05, 4.69) is 15.3 Å². The van der Waals surface area contributed by atoms with E-state index in [-0.39, 0.29) is 5.69 Å². The Morgan fingerprint density at radius 3 is 2.17 bits per heavy atom. The molecule has 30 heavy (non-hydrogen) atoms. The van der Waals surface area contributed by atoms with Crippen LogP contribution in [0.3, 0.4) is 0 Å². The highest BCUT2D eigenvalue weighted by atomic mass is 32.2. The lowest BCUT2D eigenvalue weighted by Gasteiger charge is -2.13. The van der Waals surface area contributed by atoms with Crippen LogP contribution in [0.15, 0.2) is 42.7 Å². The second-order valence-corrected chi connectivity index (χ2v) is 7.85. The molecule has 0 fully saturated rings. The van der Waals surface area contributed by atoms with Gasteiger partial charge < -0.3 is 14.8 Å². The van der Waals surface area contributed by atoms with Crippen LogP contribution in [0, 0.1) is 0 Å². The zero-order valence-electron chi connectivity index (χ0n) is 15.8. The maximum Gasteiger partial charge on any atom is 0.404 e. The maximum atomic E-state index is 12.3. The summed E-state index contributed by atoms with van der Waals surface area (Å²) in [4.78, 5) is 8.40. The van der Waals surface area contributed by atoms with Gasteiger partial charge in [-0.25, -0.2) is 18.4 Å². The van der Waals surface area contributed by atoms with Gasteiger partial charge in [-0.3, -0.25) is 4.72 Å². The van der Waals surface area contributed by atoms with E-state index >= 15 is 0 Å². The van der Waals surface area contributed by atoms with Crippen molar-refractivity contribution < 1.29 is 31.1 Å². The number of aromatic nitrogens is 2. The van der Waals surface area contributed by atoms with E-state index in [1.807, 2.05) is 4.72 Å². The van der Waals surface area contributed by atoms with Gasteiger partial charge in [0.25, 0.3) is 0 Å². The molecule has 1 heterocycles. The van der Waals surface area contributed by atoms with Crippen LogP contribution < -0.4 is 19.5 Å². The number of sulfonamides is 1. The summed E-state index contributed by atoms with van der Waals surface area (Å²) in [5.74, 6) is -0.521. The smallest absolute Gasteiger partial charge is 0.404 e. The van der Waals surface area contributed by atoms with Gasteiger partial charge in [0.05, 0.1) is 19.7 Å². The minimum atomic E-state index is -4.83. The predicted molar refractivity (Wildman–Crippen MR) is 106 cm³/mol. The predicted octanol–water partition coefficient (Wildman–Crippen LogP) is 3.69. The monoisotopic (exact) mass is 442 g/mol. The van der Waals surface area contributed by atoms with Gasteiger partial charge in [-0.2, -0.15) is 13.2 Å². The number of anilines is 3. The van der Waals surface area contributed by atoms with Crippen LogP contribution in [0.25, 0.3) is 10.9 Å². The molecule has 2 N–H and O–H groups in total. The Bertz CT molecular complexity index is 1150. The van der Waals surface area contributed by atoms with E-state index in [0.29, 0.717) is 33.9 Å². The van der Waals surface area contributed by atoms with Crippen molar-refractivity contribution in [3.63, 3.8) is 0 Å². The molecule has 0 amide bonds. The highest BCUT2D eigenvalue weighted by Gasteiger charge is 2.35. The number of ether oxygens (including phenoxy) is 2. The number of nitrogens with one attached hydrogen (secondary N) is 2. The lowest BCUT2D eigenvalue weighted by atomic mass is 10.2. The topological polar surface area (TPSA) is 102 Å². The van der Waals surface area contributed by atoms with E-state index in [1.54, 1.807) is 12.1 Å². The minimum Gasteiger partial charge on any atom is -0.493 e. The molecular formula is C18H17F3N4O4S. The van der Waals surface area contributed by atoms with E-state index in [1.165, 1.54) is 44.8 Å². The van der Waals surface area contributed by atoms with Crippen molar-refractivity contribution in [3.8, 4) is 11.5 Å². The Hall–Kier alpha value is -3.28. The van der Waals surface area contributed by atoms with Crippen molar-refractivity contribution in [1.82, 2.24) is 9.97 Å². The molecule has 8 nitrogen and oxygen atoms in total. The molecule has 0 unspecified atom stereocenters. The fourth-order valence-corrected chi connectivity index (χ4v) is 3.67. The van der Waals surface area contributed by atoms with Crippen molar-refractivity contribution in [3.05, 3.63) is 42.7 Å². The first-order valence-corrected chi connectivity index (χ1v) is 10.1. The third-order valence-electron chi connectivity index (χ3n) is 3.92. The molecule has 3 rings (SSSR count). The van der Waals surface area contributed by atoms with Crippen molar-refractivity contribution in [2.45, 2.75) is 6.18 Å². The number of benzene rings is 2. The van der Waals surface area contributed by atoms with Gasteiger partial charge in [-0.05, 0) is 30.3 Å². The summed E-state index contributed by atoms with van der Waals surface area (Å²) in [5, 5.41) is 3.70. The number of fused-ring (bicyclic) bond motifs is 1. The largest absolute Gasteiger partial charge is 0.493 e. The average molecular weight is 442 g/mol. The Kier molecular flexibility index (Phi) is 5.87. The number of nitrogens with zero attached hydrogens (tertiary/aromatic N) is 2. The zero-order chi connectivity index (χ0) is 21.9. The van der Waals surface area contributed by atoms with Crippen molar-refractivity contribution in [2.24, 2.45) is 0 Å². The maximum absolute atomic E-state index is 12.3. The summed E-state index contributed by atoms with van der Waals surface area (Å²) in [5.41, 5.74) is 1.13. The Balaban J connectivity index is 1.83. The van der Waals surface area contributed by atoms with Gasteiger partial charge in [0.2, 0.25) is 10.0 Å². The van der Waals surface area contributed by atoms with Gasteiger partial charge in [0.15, 0.2) is 17.3 Å². The Morgan fingerprint density at radius 1 is 0.967 bits per heavy atom. The number of halogens is 3. The first kappa shape index (κ1) is 21.4. The summed E-state index contributed by atoms with van der Waals surface area (Å²) in [6.07, 6.45) is -3.47. The standard InChI is InChI=1S/C18H17F3N4O4S/c1-28-15-7-13-14(8-16(15)29-2)22-10-23-17(13)24-11-3-5-12(6-4-11)25-30(26,27)9-18(19,20)21/h3-8,10,25H,9H2,1-2H3,(H,22,23,24). The number of rotatable bonds is 7. The fourth-order valence-electron chi connectivity index (χ4n) is 2.67. The summed E-state index contributed by atoms with van der Waals surface area (Å²) in [6.45, 7) is 0. The molecule has 0 aliphatic rings. The van der Waals surface area contributed by atoms with Crippen molar-refractivity contribution >= 4 is 38.1 Å². The molecule has 3 aromatic rings. The Morgan fingerprint density at radius 2 is 1.57 bits per heavy atom. The lowest BCUT2D eigenvalue weighted by molar-refractivity contribution is -0.106. The summed E-state index contributed by atoms with van der Waals surface area (Å²) in [7, 11) is -1.54. The van der Waals surface area contributed by atoms with Gasteiger partial charge >= 0.3 is 6.18 Å². The highest BCUT2D eigenvalue weighted by Crippen LogP contribution is 2.34.